The topological polar surface area (TPSA) is 54.5 Å². The van der Waals surface area contributed by atoms with Crippen molar-refractivity contribution in [3.05, 3.63) is 99.6 Å². The Morgan fingerprint density at radius 3 is 2.03 bits per heavy atom. The van der Waals surface area contributed by atoms with Crippen molar-refractivity contribution in [2.45, 2.75) is 24.4 Å². The number of ketones is 1. The average molecular weight is 496 g/mol. The van der Waals surface area contributed by atoms with E-state index in [1.807, 2.05) is 24.3 Å². The summed E-state index contributed by atoms with van der Waals surface area (Å²) in [4.78, 5) is 42.2. The summed E-state index contributed by atoms with van der Waals surface area (Å²) in [5, 5.41) is -0.155. The van der Waals surface area contributed by atoms with Crippen LogP contribution in [0.5, 0.6) is 0 Å². The molecule has 2 atom stereocenters. The molecular weight excluding hydrogens is 479 g/mol. The Hall–Kier alpha value is -3.45. The summed E-state index contributed by atoms with van der Waals surface area (Å²) in [5.41, 5.74) is 0.107. The molecule has 2 bridgehead atoms. The molecule has 0 N–H and O–H groups in total. The number of nitrogens with zero attached hydrogens (tertiary/aromatic N) is 1. The summed E-state index contributed by atoms with van der Waals surface area (Å²) < 4.78 is 40.4. The fraction of sp³-hybridized carbons (Fsp3) is 0.222. The predicted octanol–water partition coefficient (Wildman–Crippen LogP) is 5.50. The first kappa shape index (κ1) is 22.0. The van der Waals surface area contributed by atoms with Crippen molar-refractivity contribution >= 4 is 34.9 Å². The number of benzene rings is 3. The standard InChI is InChI=1S/C27H17ClF3NO3/c1-13(33)26-17-8-4-2-6-15(17)21(16-7-3-5-9-18(16)26)22-23(26)25(35)32(24(22)34)20-12-14(27(29,30)31)10-11-19(20)28/h2-12,21-23H,1H3/t21?,22-,23-,26?/m0/s1. The fourth-order valence-electron chi connectivity index (χ4n) is 6.47. The minimum Gasteiger partial charge on any atom is -0.299 e. The lowest BCUT2D eigenvalue weighted by Crippen LogP contribution is -2.57. The van der Waals surface area contributed by atoms with E-state index in [1.54, 1.807) is 24.3 Å². The summed E-state index contributed by atoms with van der Waals surface area (Å²) in [6.45, 7) is 1.40. The SMILES string of the molecule is CC(=O)C12c3ccccc3C(c3ccccc31)[C@@H]1C(=O)N(c3cc(C(F)(F)F)ccc3Cl)C(=O)[C@H]12. The zero-order valence-electron chi connectivity index (χ0n) is 18.3. The van der Waals surface area contributed by atoms with Gasteiger partial charge in [-0.05, 0) is 47.4 Å². The smallest absolute Gasteiger partial charge is 0.299 e. The number of alkyl halides is 3. The third-order valence-electron chi connectivity index (χ3n) is 7.69. The maximum Gasteiger partial charge on any atom is 0.416 e. The van der Waals surface area contributed by atoms with Crippen LogP contribution in [0.15, 0.2) is 66.7 Å². The highest BCUT2D eigenvalue weighted by Crippen LogP contribution is 2.64. The normalized spacial score (nSPS) is 26.4. The molecule has 1 saturated heterocycles. The summed E-state index contributed by atoms with van der Waals surface area (Å²) in [5.74, 6) is -4.22. The highest BCUT2D eigenvalue weighted by Gasteiger charge is 2.70. The molecule has 35 heavy (non-hydrogen) atoms. The van der Waals surface area contributed by atoms with E-state index in [1.165, 1.54) is 6.92 Å². The number of hydrogen-bond donors (Lipinski definition) is 0. The fourth-order valence-corrected chi connectivity index (χ4v) is 6.67. The molecule has 4 aliphatic rings. The van der Waals surface area contributed by atoms with E-state index >= 15 is 0 Å². The van der Waals surface area contributed by atoms with Gasteiger partial charge in [0.1, 0.15) is 5.78 Å². The Kier molecular flexibility index (Phi) is 4.43. The van der Waals surface area contributed by atoms with Crippen molar-refractivity contribution in [2.24, 2.45) is 11.8 Å². The van der Waals surface area contributed by atoms with E-state index in [9.17, 15) is 27.6 Å². The van der Waals surface area contributed by atoms with Crippen LogP contribution < -0.4 is 4.90 Å². The van der Waals surface area contributed by atoms with Gasteiger partial charge in [0.2, 0.25) is 11.8 Å². The number of carbonyl (C=O) groups excluding carboxylic acids is 3. The first-order valence-electron chi connectivity index (χ1n) is 11.0. The van der Waals surface area contributed by atoms with E-state index in [0.29, 0.717) is 11.1 Å². The van der Waals surface area contributed by atoms with Crippen molar-refractivity contribution in [2.75, 3.05) is 4.90 Å². The molecule has 0 aromatic heterocycles. The van der Waals surface area contributed by atoms with Crippen LogP contribution >= 0.6 is 11.6 Å². The number of halogens is 4. The zero-order chi connectivity index (χ0) is 24.9. The number of rotatable bonds is 2. The zero-order valence-corrected chi connectivity index (χ0v) is 19.0. The molecule has 3 aromatic rings. The van der Waals surface area contributed by atoms with Crippen LogP contribution in [-0.4, -0.2) is 17.6 Å². The van der Waals surface area contributed by atoms with Crippen LogP contribution in [-0.2, 0) is 26.0 Å². The number of anilines is 1. The minimum atomic E-state index is -4.69. The van der Waals surface area contributed by atoms with Crippen molar-refractivity contribution in [1.29, 1.82) is 0 Å². The molecule has 7 rings (SSSR count). The number of carbonyl (C=O) groups is 3. The molecule has 1 fully saturated rings. The second-order valence-corrected chi connectivity index (χ2v) is 9.60. The highest BCUT2D eigenvalue weighted by molar-refractivity contribution is 6.36. The van der Waals surface area contributed by atoms with Crippen molar-refractivity contribution in [3.8, 4) is 0 Å². The van der Waals surface area contributed by atoms with Gasteiger partial charge < -0.3 is 0 Å². The van der Waals surface area contributed by atoms with E-state index in [-0.39, 0.29) is 16.5 Å². The van der Waals surface area contributed by atoms with E-state index < -0.39 is 46.7 Å². The van der Waals surface area contributed by atoms with Gasteiger partial charge in [0, 0.05) is 5.92 Å². The quantitative estimate of drug-likeness (QED) is 0.441. The van der Waals surface area contributed by atoms with Crippen LogP contribution in [0.2, 0.25) is 5.02 Å². The third-order valence-corrected chi connectivity index (χ3v) is 8.01. The number of hydrogen-bond acceptors (Lipinski definition) is 3. The van der Waals surface area contributed by atoms with E-state index in [0.717, 1.165) is 34.2 Å². The first-order valence-corrected chi connectivity index (χ1v) is 11.4. The van der Waals surface area contributed by atoms with Gasteiger partial charge in [0.05, 0.1) is 33.5 Å². The van der Waals surface area contributed by atoms with Gasteiger partial charge in [-0.15, -0.1) is 0 Å². The van der Waals surface area contributed by atoms with Gasteiger partial charge in [-0.2, -0.15) is 13.2 Å². The van der Waals surface area contributed by atoms with Gasteiger partial charge in [-0.3, -0.25) is 14.4 Å². The van der Waals surface area contributed by atoms with Gasteiger partial charge in [-0.1, -0.05) is 60.1 Å². The predicted molar refractivity (Wildman–Crippen MR) is 122 cm³/mol. The molecule has 0 saturated carbocycles. The number of imide groups is 1. The van der Waals surface area contributed by atoms with Crippen LogP contribution in [0.1, 0.15) is 40.7 Å². The highest BCUT2D eigenvalue weighted by atomic mass is 35.5. The van der Waals surface area contributed by atoms with Gasteiger partial charge >= 0.3 is 6.18 Å². The monoisotopic (exact) mass is 495 g/mol. The Morgan fingerprint density at radius 2 is 1.49 bits per heavy atom. The lowest BCUT2D eigenvalue weighted by Gasteiger charge is -2.52. The number of amides is 2. The van der Waals surface area contributed by atoms with E-state index in [2.05, 4.69) is 0 Å². The molecule has 8 heteroatoms. The van der Waals surface area contributed by atoms with Crippen molar-refractivity contribution < 1.29 is 27.6 Å². The molecule has 4 nitrogen and oxygen atoms in total. The van der Waals surface area contributed by atoms with Crippen LogP contribution in [0.25, 0.3) is 0 Å². The van der Waals surface area contributed by atoms with E-state index in [4.69, 9.17) is 11.6 Å². The molecule has 0 unspecified atom stereocenters. The van der Waals surface area contributed by atoms with Crippen molar-refractivity contribution in [3.63, 3.8) is 0 Å². The molecule has 3 aliphatic carbocycles. The molecule has 176 valence electrons. The molecule has 0 radical (unpaired) electrons. The third kappa shape index (κ3) is 2.62. The number of Topliss-reactive ketones (excluding diaryl/α,β-unsaturated/α-hetero) is 1. The van der Waals surface area contributed by atoms with Crippen LogP contribution in [0.3, 0.4) is 0 Å². The Labute approximate surface area is 203 Å². The molecule has 3 aromatic carbocycles. The average Bonchev–Trinajstić information content (AvgIpc) is 3.09. The summed E-state index contributed by atoms with van der Waals surface area (Å²) >= 11 is 6.24. The van der Waals surface area contributed by atoms with Gasteiger partial charge in [0.25, 0.3) is 0 Å². The second kappa shape index (κ2) is 7.04. The molecule has 1 aliphatic heterocycles. The lowest BCUT2D eigenvalue weighted by molar-refractivity contribution is -0.137. The summed E-state index contributed by atoms with van der Waals surface area (Å²) in [6, 6.07) is 17.0. The molecule has 0 spiro atoms. The van der Waals surface area contributed by atoms with Gasteiger partial charge in [0.15, 0.2) is 0 Å². The largest absolute Gasteiger partial charge is 0.416 e. The summed E-state index contributed by atoms with van der Waals surface area (Å²) in [7, 11) is 0. The maximum absolute atomic E-state index is 14.0. The Balaban J connectivity index is 1.63. The minimum absolute atomic E-state index is 0.155. The molecular formula is C27H17ClF3NO3. The Bertz CT molecular complexity index is 1420. The first-order chi connectivity index (χ1) is 16.6. The summed E-state index contributed by atoms with van der Waals surface area (Å²) in [6.07, 6.45) is -4.69. The maximum atomic E-state index is 14.0. The molecule has 2 amide bonds. The van der Waals surface area contributed by atoms with Crippen molar-refractivity contribution in [1.82, 2.24) is 0 Å². The molecule has 1 heterocycles. The second-order valence-electron chi connectivity index (χ2n) is 9.20. The lowest BCUT2D eigenvalue weighted by atomic mass is 9.46. The Morgan fingerprint density at radius 1 is 0.914 bits per heavy atom. The van der Waals surface area contributed by atoms with Crippen LogP contribution in [0.4, 0.5) is 18.9 Å². The van der Waals surface area contributed by atoms with Gasteiger partial charge in [-0.25, -0.2) is 4.90 Å². The van der Waals surface area contributed by atoms with Crippen LogP contribution in [0, 0.1) is 11.8 Å².